The molecule has 0 saturated heterocycles. The standard InChI is InChI=1S/C18H22ClNO/c1-2-20-18(15-8-11-3-4-12(15)7-11)17-10-13-9-14(19)5-6-16(13)21-17/h5-6,9-12,15,18,20H,2-4,7-8H2,1H3. The van der Waals surface area contributed by atoms with Crippen molar-refractivity contribution in [2.45, 2.75) is 38.6 Å². The van der Waals surface area contributed by atoms with Crippen LogP contribution in [0.1, 0.15) is 44.4 Å². The second kappa shape index (κ2) is 5.33. The van der Waals surface area contributed by atoms with Gasteiger partial charge in [-0.25, -0.2) is 0 Å². The Hall–Kier alpha value is -0.990. The SMILES string of the molecule is CCNC(c1cc2cc(Cl)ccc2o1)C1CC2CCC1C2. The molecular weight excluding hydrogens is 282 g/mol. The highest BCUT2D eigenvalue weighted by molar-refractivity contribution is 6.31. The van der Waals surface area contributed by atoms with Crippen molar-refractivity contribution in [1.82, 2.24) is 5.32 Å². The van der Waals surface area contributed by atoms with Crippen LogP contribution in [0, 0.1) is 17.8 Å². The van der Waals surface area contributed by atoms with Gasteiger partial charge in [0, 0.05) is 10.4 Å². The number of fused-ring (bicyclic) bond motifs is 3. The molecule has 4 unspecified atom stereocenters. The van der Waals surface area contributed by atoms with Crippen LogP contribution >= 0.6 is 11.6 Å². The summed E-state index contributed by atoms with van der Waals surface area (Å²) in [5, 5.41) is 5.56. The van der Waals surface area contributed by atoms with E-state index in [1.54, 1.807) is 0 Å². The molecule has 2 aromatic rings. The Balaban J connectivity index is 1.68. The molecule has 2 fully saturated rings. The lowest BCUT2D eigenvalue weighted by atomic mass is 9.82. The zero-order valence-electron chi connectivity index (χ0n) is 12.4. The van der Waals surface area contributed by atoms with Crippen LogP contribution in [-0.4, -0.2) is 6.54 Å². The summed E-state index contributed by atoms with van der Waals surface area (Å²) in [6.07, 6.45) is 5.64. The molecular formula is C18H22ClNO. The highest BCUT2D eigenvalue weighted by atomic mass is 35.5. The maximum atomic E-state index is 6.14. The molecule has 1 N–H and O–H groups in total. The van der Waals surface area contributed by atoms with E-state index in [2.05, 4.69) is 18.3 Å². The first kappa shape index (κ1) is 13.7. The van der Waals surface area contributed by atoms with Crippen molar-refractivity contribution >= 4 is 22.6 Å². The minimum absolute atomic E-state index is 0.358. The summed E-state index contributed by atoms with van der Waals surface area (Å²) in [6, 6.07) is 8.41. The summed E-state index contributed by atoms with van der Waals surface area (Å²) in [4.78, 5) is 0. The van der Waals surface area contributed by atoms with Crippen LogP contribution in [0.25, 0.3) is 11.0 Å². The zero-order chi connectivity index (χ0) is 14.4. The minimum Gasteiger partial charge on any atom is -0.459 e. The van der Waals surface area contributed by atoms with E-state index in [1.165, 1.54) is 25.7 Å². The third kappa shape index (κ3) is 2.39. The molecule has 1 heterocycles. The van der Waals surface area contributed by atoms with Crippen molar-refractivity contribution in [2.24, 2.45) is 17.8 Å². The minimum atomic E-state index is 0.358. The van der Waals surface area contributed by atoms with E-state index < -0.39 is 0 Å². The van der Waals surface area contributed by atoms with Gasteiger partial charge >= 0.3 is 0 Å². The van der Waals surface area contributed by atoms with E-state index in [9.17, 15) is 0 Å². The van der Waals surface area contributed by atoms with E-state index in [0.717, 1.165) is 46.1 Å². The molecule has 1 aromatic carbocycles. The first-order chi connectivity index (χ1) is 10.2. The van der Waals surface area contributed by atoms with E-state index >= 15 is 0 Å². The summed E-state index contributed by atoms with van der Waals surface area (Å²) in [7, 11) is 0. The van der Waals surface area contributed by atoms with Gasteiger partial charge in [0.05, 0.1) is 6.04 Å². The molecule has 2 aliphatic carbocycles. The summed E-state index contributed by atoms with van der Waals surface area (Å²) >= 11 is 6.09. The predicted octanol–water partition coefficient (Wildman–Crippen LogP) is 5.17. The molecule has 0 spiro atoms. The fourth-order valence-electron chi connectivity index (χ4n) is 4.57. The monoisotopic (exact) mass is 303 g/mol. The van der Waals surface area contributed by atoms with Gasteiger partial charge in [-0.1, -0.05) is 24.9 Å². The average Bonchev–Trinajstić information content (AvgIpc) is 3.18. The lowest BCUT2D eigenvalue weighted by molar-refractivity contribution is 0.231. The summed E-state index contributed by atoms with van der Waals surface area (Å²) in [5.74, 6) is 3.67. The lowest BCUT2D eigenvalue weighted by Gasteiger charge is -2.29. The fourth-order valence-corrected chi connectivity index (χ4v) is 4.75. The Morgan fingerprint density at radius 2 is 2.19 bits per heavy atom. The molecule has 0 aliphatic heterocycles. The first-order valence-corrected chi connectivity index (χ1v) is 8.54. The smallest absolute Gasteiger partial charge is 0.134 e. The average molecular weight is 304 g/mol. The van der Waals surface area contributed by atoms with Gasteiger partial charge in [0.25, 0.3) is 0 Å². The second-order valence-corrected chi connectivity index (χ2v) is 7.14. The summed E-state index contributed by atoms with van der Waals surface area (Å²) in [6.45, 7) is 3.16. The molecule has 0 amide bonds. The highest BCUT2D eigenvalue weighted by Crippen LogP contribution is 2.52. The van der Waals surface area contributed by atoms with Gasteiger partial charge in [0.15, 0.2) is 0 Å². The van der Waals surface area contributed by atoms with Gasteiger partial charge in [-0.3, -0.25) is 0 Å². The van der Waals surface area contributed by atoms with Gasteiger partial charge < -0.3 is 9.73 Å². The fraction of sp³-hybridized carbons (Fsp3) is 0.556. The third-order valence-corrected chi connectivity index (χ3v) is 5.68. The number of rotatable bonds is 4. The molecule has 1 aromatic heterocycles. The van der Waals surface area contributed by atoms with E-state index in [4.69, 9.17) is 16.0 Å². The Labute approximate surface area is 130 Å². The number of furan rings is 1. The van der Waals surface area contributed by atoms with Crippen LogP contribution in [0.4, 0.5) is 0 Å². The topological polar surface area (TPSA) is 25.2 Å². The zero-order valence-corrected chi connectivity index (χ0v) is 13.2. The molecule has 4 rings (SSSR count). The van der Waals surface area contributed by atoms with E-state index in [1.807, 2.05) is 18.2 Å². The molecule has 21 heavy (non-hydrogen) atoms. The van der Waals surface area contributed by atoms with Crippen LogP contribution < -0.4 is 5.32 Å². The lowest BCUT2D eigenvalue weighted by Crippen LogP contribution is -2.31. The molecule has 112 valence electrons. The Kier molecular flexibility index (Phi) is 3.47. The maximum absolute atomic E-state index is 6.14. The molecule has 2 saturated carbocycles. The molecule has 3 heteroatoms. The van der Waals surface area contributed by atoms with Gasteiger partial charge in [0.2, 0.25) is 0 Å². The van der Waals surface area contributed by atoms with Gasteiger partial charge in [0.1, 0.15) is 11.3 Å². The Morgan fingerprint density at radius 3 is 2.90 bits per heavy atom. The summed E-state index contributed by atoms with van der Waals surface area (Å²) in [5.41, 5.74) is 0.945. The van der Waals surface area contributed by atoms with Crippen LogP contribution in [0.2, 0.25) is 5.02 Å². The molecule has 2 nitrogen and oxygen atoms in total. The number of nitrogens with one attached hydrogen (secondary N) is 1. The summed E-state index contributed by atoms with van der Waals surface area (Å²) < 4.78 is 6.14. The Morgan fingerprint density at radius 1 is 1.29 bits per heavy atom. The highest BCUT2D eigenvalue weighted by Gasteiger charge is 2.44. The van der Waals surface area contributed by atoms with Crippen molar-refractivity contribution in [2.75, 3.05) is 6.54 Å². The predicted molar refractivity (Wildman–Crippen MR) is 86.6 cm³/mol. The number of hydrogen-bond acceptors (Lipinski definition) is 2. The van der Waals surface area contributed by atoms with E-state index in [0.29, 0.717) is 6.04 Å². The van der Waals surface area contributed by atoms with E-state index in [-0.39, 0.29) is 0 Å². The van der Waals surface area contributed by atoms with Crippen LogP contribution in [0.3, 0.4) is 0 Å². The quantitative estimate of drug-likeness (QED) is 0.842. The third-order valence-electron chi connectivity index (χ3n) is 5.45. The Bertz CT molecular complexity index is 650. The van der Waals surface area contributed by atoms with Crippen LogP contribution in [0.5, 0.6) is 0 Å². The molecule has 4 atom stereocenters. The van der Waals surface area contributed by atoms with Crippen LogP contribution in [0.15, 0.2) is 28.7 Å². The van der Waals surface area contributed by atoms with Crippen LogP contribution in [-0.2, 0) is 0 Å². The molecule has 2 aliphatic rings. The molecule has 2 bridgehead atoms. The van der Waals surface area contributed by atoms with Crippen molar-refractivity contribution < 1.29 is 4.42 Å². The second-order valence-electron chi connectivity index (χ2n) is 6.70. The largest absolute Gasteiger partial charge is 0.459 e. The van der Waals surface area contributed by atoms with Crippen molar-refractivity contribution in [3.63, 3.8) is 0 Å². The van der Waals surface area contributed by atoms with Crippen molar-refractivity contribution in [1.29, 1.82) is 0 Å². The maximum Gasteiger partial charge on any atom is 0.134 e. The number of hydrogen-bond donors (Lipinski definition) is 1. The molecule has 0 radical (unpaired) electrons. The van der Waals surface area contributed by atoms with Crippen molar-refractivity contribution in [3.8, 4) is 0 Å². The number of halogens is 1. The van der Waals surface area contributed by atoms with Crippen molar-refractivity contribution in [3.05, 3.63) is 35.0 Å². The van der Waals surface area contributed by atoms with Gasteiger partial charge in [-0.05, 0) is 67.8 Å². The number of benzene rings is 1. The first-order valence-electron chi connectivity index (χ1n) is 8.17. The van der Waals surface area contributed by atoms with Gasteiger partial charge in [-0.15, -0.1) is 0 Å². The normalized spacial score (nSPS) is 29.3. The van der Waals surface area contributed by atoms with Gasteiger partial charge in [-0.2, -0.15) is 0 Å².